The molecule has 2 bridgehead atoms. The van der Waals surface area contributed by atoms with Gasteiger partial charge in [0.05, 0.1) is 6.17 Å². The van der Waals surface area contributed by atoms with Gasteiger partial charge in [-0.05, 0) is 58.5 Å². The lowest BCUT2D eigenvalue weighted by molar-refractivity contribution is -0.0968. The predicted molar refractivity (Wildman–Crippen MR) is 90.4 cm³/mol. The molecule has 4 unspecified atom stereocenters. The highest BCUT2D eigenvalue weighted by Crippen LogP contribution is 2.37. The third-order valence-electron chi connectivity index (χ3n) is 6.63. The minimum absolute atomic E-state index is 0.752. The molecule has 3 aliphatic rings. The highest BCUT2D eigenvalue weighted by molar-refractivity contribution is 4.95. The van der Waals surface area contributed by atoms with E-state index in [1.807, 2.05) is 0 Å². The van der Waals surface area contributed by atoms with Crippen LogP contribution >= 0.6 is 0 Å². The zero-order valence-electron chi connectivity index (χ0n) is 14.4. The second kappa shape index (κ2) is 7.46. The molecule has 0 radical (unpaired) electrons. The van der Waals surface area contributed by atoms with Gasteiger partial charge < -0.3 is 0 Å². The van der Waals surface area contributed by atoms with Crippen molar-refractivity contribution in [1.82, 2.24) is 9.80 Å². The van der Waals surface area contributed by atoms with Crippen molar-refractivity contribution in [2.45, 2.75) is 103 Å². The van der Waals surface area contributed by atoms with Crippen molar-refractivity contribution in [3.63, 3.8) is 0 Å². The van der Waals surface area contributed by atoms with E-state index in [9.17, 15) is 0 Å². The van der Waals surface area contributed by atoms with Gasteiger partial charge in [-0.3, -0.25) is 9.80 Å². The first-order chi connectivity index (χ1) is 10.3. The quantitative estimate of drug-likeness (QED) is 0.641. The number of rotatable bonds is 0. The molecule has 0 spiro atoms. The first kappa shape index (κ1) is 15.8. The van der Waals surface area contributed by atoms with Gasteiger partial charge in [0, 0.05) is 12.1 Å². The molecule has 122 valence electrons. The number of hydrogen-bond donors (Lipinski definition) is 0. The van der Waals surface area contributed by atoms with E-state index in [1.54, 1.807) is 0 Å². The summed E-state index contributed by atoms with van der Waals surface area (Å²) in [6, 6.07) is 1.61. The SMILES string of the molecule is CC1C2CCCCCCN(C3CCCCCCCN13)[C@H]2C. The van der Waals surface area contributed by atoms with Crippen molar-refractivity contribution in [3.8, 4) is 0 Å². The molecule has 0 saturated carbocycles. The van der Waals surface area contributed by atoms with Crippen molar-refractivity contribution in [2.24, 2.45) is 5.92 Å². The molecule has 0 aromatic heterocycles. The van der Waals surface area contributed by atoms with Crippen LogP contribution in [-0.2, 0) is 0 Å². The smallest absolute Gasteiger partial charge is 0.0627 e. The standard InChI is InChI=1S/C19H36N2/c1-16-18-12-8-5-7-11-15-21(17(18)2)19-13-9-4-3-6-10-14-20(16)19/h16-19H,3-15H2,1-2H3/t16?,17-,18?,19?/m0/s1. The van der Waals surface area contributed by atoms with Gasteiger partial charge in [-0.2, -0.15) is 0 Å². The Hall–Kier alpha value is -0.0800. The Labute approximate surface area is 132 Å². The summed E-state index contributed by atoms with van der Waals surface area (Å²) in [5.74, 6) is 0.903. The second-order valence-electron chi connectivity index (χ2n) is 7.86. The number of fused-ring (bicyclic) bond motifs is 4. The molecule has 0 N–H and O–H groups in total. The zero-order valence-corrected chi connectivity index (χ0v) is 14.4. The minimum atomic E-state index is 0.752. The maximum Gasteiger partial charge on any atom is 0.0627 e. The third-order valence-corrected chi connectivity index (χ3v) is 6.63. The molecule has 3 fully saturated rings. The van der Waals surface area contributed by atoms with E-state index in [1.165, 1.54) is 83.7 Å². The van der Waals surface area contributed by atoms with Crippen molar-refractivity contribution in [2.75, 3.05) is 13.1 Å². The highest BCUT2D eigenvalue weighted by Gasteiger charge is 2.42. The summed E-state index contributed by atoms with van der Waals surface area (Å²) in [7, 11) is 0. The van der Waals surface area contributed by atoms with Crippen molar-refractivity contribution in [1.29, 1.82) is 0 Å². The molecule has 21 heavy (non-hydrogen) atoms. The second-order valence-corrected chi connectivity index (χ2v) is 7.86. The highest BCUT2D eigenvalue weighted by atomic mass is 15.4. The molecular formula is C19H36N2. The molecule has 3 heterocycles. The first-order valence-corrected chi connectivity index (χ1v) is 9.80. The summed E-state index contributed by atoms with van der Waals surface area (Å²) < 4.78 is 0. The molecule has 3 rings (SSSR count). The Morgan fingerprint density at radius 2 is 1.05 bits per heavy atom. The van der Waals surface area contributed by atoms with Crippen LogP contribution in [0.4, 0.5) is 0 Å². The van der Waals surface area contributed by atoms with Gasteiger partial charge in [-0.1, -0.05) is 44.9 Å². The largest absolute Gasteiger partial charge is 0.285 e. The summed E-state index contributed by atoms with van der Waals surface area (Å²) >= 11 is 0. The molecule has 0 aromatic carbocycles. The molecular weight excluding hydrogens is 256 g/mol. The van der Waals surface area contributed by atoms with Crippen LogP contribution in [0.5, 0.6) is 0 Å². The Morgan fingerprint density at radius 3 is 1.67 bits per heavy atom. The van der Waals surface area contributed by atoms with Gasteiger partial charge in [-0.15, -0.1) is 0 Å². The summed E-state index contributed by atoms with van der Waals surface area (Å²) in [4.78, 5) is 5.84. The van der Waals surface area contributed by atoms with Crippen molar-refractivity contribution in [3.05, 3.63) is 0 Å². The summed E-state index contributed by atoms with van der Waals surface area (Å²) in [6.07, 6.45) is 16.7. The summed E-state index contributed by atoms with van der Waals surface area (Å²) in [5.41, 5.74) is 0. The van der Waals surface area contributed by atoms with E-state index in [0.717, 1.165) is 24.2 Å². The molecule has 0 amide bonds. The van der Waals surface area contributed by atoms with Gasteiger partial charge in [-0.25, -0.2) is 0 Å². The maximum absolute atomic E-state index is 2.92. The Balaban J connectivity index is 1.83. The van der Waals surface area contributed by atoms with E-state index >= 15 is 0 Å². The number of nitrogens with zero attached hydrogens (tertiary/aromatic N) is 2. The van der Waals surface area contributed by atoms with Gasteiger partial charge in [0.1, 0.15) is 0 Å². The molecule has 0 aromatic rings. The van der Waals surface area contributed by atoms with E-state index in [-0.39, 0.29) is 0 Å². The lowest BCUT2D eigenvalue weighted by Crippen LogP contribution is -2.64. The van der Waals surface area contributed by atoms with Crippen LogP contribution in [0.25, 0.3) is 0 Å². The van der Waals surface area contributed by atoms with Crippen LogP contribution in [0, 0.1) is 5.92 Å². The van der Waals surface area contributed by atoms with Crippen LogP contribution in [0.2, 0.25) is 0 Å². The van der Waals surface area contributed by atoms with Crippen LogP contribution in [-0.4, -0.2) is 41.1 Å². The average Bonchev–Trinajstić information content (AvgIpc) is 2.64. The topological polar surface area (TPSA) is 6.48 Å². The fourth-order valence-electron chi connectivity index (χ4n) is 5.33. The lowest BCUT2D eigenvalue weighted by atomic mass is 9.83. The average molecular weight is 293 g/mol. The molecule has 2 nitrogen and oxygen atoms in total. The molecule has 3 saturated heterocycles. The normalized spacial score (nSPS) is 43.4. The number of hydrogen-bond acceptors (Lipinski definition) is 2. The van der Waals surface area contributed by atoms with Crippen LogP contribution in [0.3, 0.4) is 0 Å². The van der Waals surface area contributed by atoms with E-state index in [2.05, 4.69) is 23.6 Å². The molecule has 0 aliphatic carbocycles. The van der Waals surface area contributed by atoms with Gasteiger partial charge in [0.2, 0.25) is 0 Å². The third kappa shape index (κ3) is 3.47. The Kier molecular flexibility index (Phi) is 5.61. The maximum atomic E-state index is 2.92. The predicted octanol–water partition coefficient (Wildman–Crippen LogP) is 4.64. The monoisotopic (exact) mass is 292 g/mol. The summed E-state index contributed by atoms with van der Waals surface area (Å²) in [6.45, 7) is 7.79. The molecule has 2 heteroatoms. The molecule has 3 aliphatic heterocycles. The van der Waals surface area contributed by atoms with Crippen LogP contribution in [0.1, 0.15) is 84.5 Å². The van der Waals surface area contributed by atoms with E-state index < -0.39 is 0 Å². The summed E-state index contributed by atoms with van der Waals surface area (Å²) in [5, 5.41) is 0. The fraction of sp³-hybridized carbons (Fsp3) is 1.00. The van der Waals surface area contributed by atoms with Crippen molar-refractivity contribution < 1.29 is 0 Å². The minimum Gasteiger partial charge on any atom is -0.285 e. The first-order valence-electron chi connectivity index (χ1n) is 9.80. The van der Waals surface area contributed by atoms with Crippen LogP contribution < -0.4 is 0 Å². The Morgan fingerprint density at radius 1 is 0.571 bits per heavy atom. The van der Waals surface area contributed by atoms with Gasteiger partial charge in [0.25, 0.3) is 0 Å². The van der Waals surface area contributed by atoms with E-state index in [0.29, 0.717) is 0 Å². The zero-order chi connectivity index (χ0) is 14.7. The van der Waals surface area contributed by atoms with E-state index in [4.69, 9.17) is 0 Å². The van der Waals surface area contributed by atoms with Crippen LogP contribution in [0.15, 0.2) is 0 Å². The van der Waals surface area contributed by atoms with Crippen molar-refractivity contribution >= 4 is 0 Å². The van der Waals surface area contributed by atoms with Gasteiger partial charge >= 0.3 is 0 Å². The molecule has 5 atom stereocenters. The lowest BCUT2D eigenvalue weighted by Gasteiger charge is -2.55. The van der Waals surface area contributed by atoms with Gasteiger partial charge in [0.15, 0.2) is 0 Å². The fourth-order valence-corrected chi connectivity index (χ4v) is 5.33. The Bertz CT molecular complexity index is 311.